The van der Waals surface area contributed by atoms with Crippen LogP contribution in [0.3, 0.4) is 0 Å². The average Bonchev–Trinajstić information content (AvgIpc) is 3.12. The van der Waals surface area contributed by atoms with Crippen molar-refractivity contribution in [3.8, 4) is 0 Å². The monoisotopic (exact) mass is 424 g/mol. The van der Waals surface area contributed by atoms with Crippen LogP contribution < -0.4 is 5.32 Å². The van der Waals surface area contributed by atoms with Gasteiger partial charge in [0, 0.05) is 30.3 Å². The van der Waals surface area contributed by atoms with E-state index in [4.69, 9.17) is 4.74 Å². The van der Waals surface area contributed by atoms with Crippen molar-refractivity contribution in [1.82, 2.24) is 4.90 Å². The molecule has 31 heavy (non-hydrogen) atoms. The summed E-state index contributed by atoms with van der Waals surface area (Å²) in [4.78, 5) is 14.7. The minimum atomic E-state index is -0.889. The number of likely N-dealkylation sites (tertiary alicyclic amines) is 1. The number of halogens is 2. The van der Waals surface area contributed by atoms with Gasteiger partial charge in [-0.25, -0.2) is 13.6 Å². The second-order valence-corrected chi connectivity index (χ2v) is 8.30. The summed E-state index contributed by atoms with van der Waals surface area (Å²) in [5, 5.41) is 3.34. The number of benzene rings is 1. The first kappa shape index (κ1) is 21.1. The number of rotatable bonds is 5. The molecule has 0 bridgehead atoms. The summed E-state index contributed by atoms with van der Waals surface area (Å²) in [5.41, 5.74) is 6.03. The van der Waals surface area contributed by atoms with E-state index >= 15 is 0 Å². The maximum atomic E-state index is 13.9. The van der Waals surface area contributed by atoms with Gasteiger partial charge in [-0.15, -0.1) is 5.73 Å². The highest BCUT2D eigenvalue weighted by molar-refractivity contribution is 5.97. The van der Waals surface area contributed by atoms with Crippen LogP contribution in [0.5, 0.6) is 0 Å². The standard InChI is InChI=1S/C25H26F2N2O2/c1-4-8-16(2)23(28-22-14-21(27)20(26)13-17(22)3)29-12-11-25(15-29)19-10-7-5-6-9-18(19)24(30)31-25/h5-6,9-10,13-14,28H,4,8,11-12,15H2,1-3H3. The Morgan fingerprint density at radius 2 is 2.10 bits per heavy atom. The molecule has 1 aromatic rings. The minimum Gasteiger partial charge on any atom is -0.449 e. The average molecular weight is 424 g/mol. The zero-order valence-corrected chi connectivity index (χ0v) is 18.0. The van der Waals surface area contributed by atoms with Gasteiger partial charge in [0.1, 0.15) is 5.82 Å². The number of anilines is 1. The number of nitrogens with zero attached hydrogens (tertiary/aromatic N) is 1. The Kier molecular flexibility index (Phi) is 5.59. The minimum absolute atomic E-state index is 0.318. The van der Waals surface area contributed by atoms with Crippen LogP contribution in [-0.2, 0) is 9.53 Å². The Morgan fingerprint density at radius 1 is 1.32 bits per heavy atom. The van der Waals surface area contributed by atoms with Gasteiger partial charge in [0.25, 0.3) is 0 Å². The fourth-order valence-electron chi connectivity index (χ4n) is 4.47. The first-order valence-electron chi connectivity index (χ1n) is 10.6. The quantitative estimate of drug-likeness (QED) is 0.515. The Bertz CT molecular complexity index is 1090. The normalized spacial score (nSPS) is 22.7. The Hall–Kier alpha value is -3.11. The van der Waals surface area contributed by atoms with Crippen LogP contribution in [0.25, 0.3) is 0 Å². The smallest absolute Gasteiger partial charge is 0.339 e. The van der Waals surface area contributed by atoms with E-state index in [-0.39, 0.29) is 5.97 Å². The van der Waals surface area contributed by atoms with Crippen molar-refractivity contribution in [2.24, 2.45) is 0 Å². The first-order chi connectivity index (χ1) is 14.8. The van der Waals surface area contributed by atoms with Crippen LogP contribution in [0.15, 0.2) is 64.7 Å². The van der Waals surface area contributed by atoms with Crippen molar-refractivity contribution in [2.75, 3.05) is 18.4 Å². The molecule has 1 spiro atoms. The molecule has 2 aliphatic heterocycles. The van der Waals surface area contributed by atoms with Crippen molar-refractivity contribution >= 4 is 11.7 Å². The lowest BCUT2D eigenvalue weighted by atomic mass is 9.91. The molecule has 0 aromatic heterocycles. The molecule has 1 atom stereocenters. The molecule has 6 heteroatoms. The number of carbonyl (C=O) groups is 1. The molecule has 2 heterocycles. The summed E-state index contributed by atoms with van der Waals surface area (Å²) in [6.45, 7) is 7.02. The maximum absolute atomic E-state index is 13.9. The molecular formula is C25H26F2N2O2. The molecule has 1 saturated heterocycles. The molecule has 0 saturated carbocycles. The predicted molar refractivity (Wildman–Crippen MR) is 116 cm³/mol. The third-order valence-corrected chi connectivity index (χ3v) is 6.07. The van der Waals surface area contributed by atoms with Crippen molar-refractivity contribution in [3.05, 3.63) is 81.9 Å². The Morgan fingerprint density at radius 3 is 2.87 bits per heavy atom. The van der Waals surface area contributed by atoms with Crippen molar-refractivity contribution in [3.63, 3.8) is 0 Å². The summed E-state index contributed by atoms with van der Waals surface area (Å²) in [7, 11) is 0. The lowest BCUT2D eigenvalue weighted by Crippen LogP contribution is -2.36. The molecule has 4 nitrogen and oxygen atoms in total. The van der Waals surface area contributed by atoms with Crippen LogP contribution in [-0.4, -0.2) is 29.6 Å². The van der Waals surface area contributed by atoms with Crippen LogP contribution in [0, 0.1) is 18.6 Å². The number of fused-ring (bicyclic) bond motifs is 1. The summed E-state index contributed by atoms with van der Waals surface area (Å²) < 4.78 is 33.4. The van der Waals surface area contributed by atoms with Crippen LogP contribution in [0.1, 0.15) is 38.7 Å². The second-order valence-electron chi connectivity index (χ2n) is 8.30. The molecule has 4 rings (SSSR count). The molecule has 1 fully saturated rings. The summed E-state index contributed by atoms with van der Waals surface area (Å²) in [5.74, 6) is -1.22. The highest BCUT2D eigenvalue weighted by Gasteiger charge is 2.51. The SMILES string of the molecule is CCCC(C)=C(Nc1cc(F)c(F)cc1C)N1CCC2(C1)OC(=O)C1=C2C=C=CC=C1. The van der Waals surface area contributed by atoms with Gasteiger partial charge in [0.15, 0.2) is 17.2 Å². The molecule has 1 unspecified atom stereocenters. The maximum Gasteiger partial charge on any atom is 0.339 e. The predicted octanol–water partition coefficient (Wildman–Crippen LogP) is 5.30. The van der Waals surface area contributed by atoms with Gasteiger partial charge in [-0.3, -0.25) is 0 Å². The highest BCUT2D eigenvalue weighted by Crippen LogP contribution is 2.43. The fourth-order valence-corrected chi connectivity index (χ4v) is 4.47. The first-order valence-corrected chi connectivity index (χ1v) is 10.6. The van der Waals surface area contributed by atoms with E-state index in [0.717, 1.165) is 29.8 Å². The fraction of sp³-hybridized carbons (Fsp3) is 0.360. The second kappa shape index (κ2) is 8.20. The molecule has 162 valence electrons. The third-order valence-electron chi connectivity index (χ3n) is 6.07. The van der Waals surface area contributed by atoms with Gasteiger partial charge in [-0.2, -0.15) is 0 Å². The Labute approximate surface area is 181 Å². The van der Waals surface area contributed by atoms with Gasteiger partial charge in [0.2, 0.25) is 0 Å². The molecule has 1 aliphatic carbocycles. The summed E-state index contributed by atoms with van der Waals surface area (Å²) in [6.07, 6.45) is 9.62. The molecular weight excluding hydrogens is 398 g/mol. The number of ether oxygens (including phenoxy) is 1. The number of esters is 1. The van der Waals surface area contributed by atoms with E-state index in [1.807, 2.05) is 13.0 Å². The number of hydrogen-bond acceptors (Lipinski definition) is 4. The van der Waals surface area contributed by atoms with Crippen LogP contribution in [0.4, 0.5) is 14.5 Å². The van der Waals surface area contributed by atoms with E-state index in [0.29, 0.717) is 36.3 Å². The summed E-state index contributed by atoms with van der Waals surface area (Å²) >= 11 is 0. The molecule has 1 N–H and O–H groups in total. The van der Waals surface area contributed by atoms with E-state index in [1.165, 1.54) is 12.1 Å². The van der Waals surface area contributed by atoms with Gasteiger partial charge >= 0.3 is 5.97 Å². The lowest BCUT2D eigenvalue weighted by Gasteiger charge is -2.29. The molecule has 0 amide bonds. The van der Waals surface area contributed by atoms with E-state index in [1.54, 1.807) is 25.2 Å². The third kappa shape index (κ3) is 3.84. The molecule has 0 radical (unpaired) electrons. The highest BCUT2D eigenvalue weighted by atomic mass is 19.2. The van der Waals surface area contributed by atoms with Gasteiger partial charge in [0.05, 0.1) is 12.1 Å². The van der Waals surface area contributed by atoms with Gasteiger partial charge in [-0.1, -0.05) is 19.4 Å². The van der Waals surface area contributed by atoms with Crippen molar-refractivity contribution in [1.29, 1.82) is 0 Å². The zero-order valence-electron chi connectivity index (χ0n) is 18.0. The van der Waals surface area contributed by atoms with Gasteiger partial charge in [-0.05, 0) is 55.7 Å². The summed E-state index contributed by atoms with van der Waals surface area (Å²) in [6, 6.07) is 2.39. The van der Waals surface area contributed by atoms with Gasteiger partial charge < -0.3 is 15.0 Å². The molecule has 1 aromatic carbocycles. The molecule has 3 aliphatic rings. The van der Waals surface area contributed by atoms with Crippen LogP contribution >= 0.6 is 0 Å². The van der Waals surface area contributed by atoms with Crippen molar-refractivity contribution < 1.29 is 18.3 Å². The number of carbonyl (C=O) groups excluding carboxylic acids is 1. The lowest BCUT2D eigenvalue weighted by molar-refractivity contribution is -0.145. The topological polar surface area (TPSA) is 41.6 Å². The Balaban J connectivity index is 1.67. The number of nitrogens with one attached hydrogen (secondary N) is 1. The number of allylic oxidation sites excluding steroid dienone is 2. The van der Waals surface area contributed by atoms with E-state index in [2.05, 4.69) is 22.9 Å². The zero-order chi connectivity index (χ0) is 22.2. The van der Waals surface area contributed by atoms with E-state index in [9.17, 15) is 13.6 Å². The number of aryl methyl sites for hydroxylation is 1. The van der Waals surface area contributed by atoms with Crippen LogP contribution in [0.2, 0.25) is 0 Å². The van der Waals surface area contributed by atoms with Crippen molar-refractivity contribution in [2.45, 2.75) is 45.6 Å². The largest absolute Gasteiger partial charge is 0.449 e. The number of hydrogen-bond donors (Lipinski definition) is 1. The van der Waals surface area contributed by atoms with E-state index < -0.39 is 17.2 Å².